The molecule has 0 saturated carbocycles. The second kappa shape index (κ2) is 5.87. The fraction of sp³-hybridized carbons (Fsp3) is 0.667. The summed E-state index contributed by atoms with van der Waals surface area (Å²) in [5.74, 6) is 0.0622. The molecule has 1 saturated heterocycles. The molecule has 5 heteroatoms. The molecule has 1 aliphatic rings. The summed E-state index contributed by atoms with van der Waals surface area (Å²) in [5.41, 5.74) is 7.05. The number of carbonyl (C=O) groups is 1. The molecule has 0 aliphatic carbocycles. The van der Waals surface area contributed by atoms with Gasteiger partial charge in [-0.15, -0.1) is 0 Å². The number of nitrogen functional groups attached to an aromatic ring is 1. The molecule has 2 heterocycles. The number of anilines is 1. The third kappa shape index (κ3) is 2.98. The van der Waals surface area contributed by atoms with Crippen molar-refractivity contribution < 1.29 is 4.79 Å². The normalized spacial score (nSPS) is 17.6. The lowest BCUT2D eigenvalue weighted by molar-refractivity contribution is 0.0606. The van der Waals surface area contributed by atoms with Crippen molar-refractivity contribution in [1.82, 2.24) is 14.4 Å². The number of hydrogen-bond acceptors (Lipinski definition) is 3. The Morgan fingerprint density at radius 1 is 1.40 bits per heavy atom. The van der Waals surface area contributed by atoms with Crippen LogP contribution in [0, 0.1) is 0 Å². The van der Waals surface area contributed by atoms with Crippen molar-refractivity contribution in [3.05, 3.63) is 18.0 Å². The quantitative estimate of drug-likeness (QED) is 0.912. The van der Waals surface area contributed by atoms with E-state index in [2.05, 4.69) is 18.7 Å². The summed E-state index contributed by atoms with van der Waals surface area (Å²) in [4.78, 5) is 16.9. The van der Waals surface area contributed by atoms with Gasteiger partial charge < -0.3 is 20.1 Å². The number of amides is 1. The van der Waals surface area contributed by atoms with Crippen molar-refractivity contribution in [2.75, 3.05) is 25.9 Å². The molecule has 20 heavy (non-hydrogen) atoms. The molecule has 5 nitrogen and oxygen atoms in total. The summed E-state index contributed by atoms with van der Waals surface area (Å²) in [6.07, 6.45) is 3.86. The molecule has 0 radical (unpaired) electrons. The average molecular weight is 278 g/mol. The van der Waals surface area contributed by atoms with Gasteiger partial charge in [0.15, 0.2) is 0 Å². The average Bonchev–Trinajstić information content (AvgIpc) is 2.76. The lowest BCUT2D eigenvalue weighted by atomic mass is 10.0. The number of aromatic nitrogens is 1. The Hall–Kier alpha value is -1.49. The zero-order valence-electron chi connectivity index (χ0n) is 13.0. The number of hydrogen-bond donors (Lipinski definition) is 1. The molecule has 1 fully saturated rings. The Morgan fingerprint density at radius 3 is 2.45 bits per heavy atom. The maximum absolute atomic E-state index is 12.5. The van der Waals surface area contributed by atoms with Crippen LogP contribution >= 0.6 is 0 Å². The van der Waals surface area contributed by atoms with E-state index in [-0.39, 0.29) is 5.91 Å². The summed E-state index contributed by atoms with van der Waals surface area (Å²) in [6.45, 7) is 6.58. The van der Waals surface area contributed by atoms with Crippen LogP contribution < -0.4 is 5.73 Å². The van der Waals surface area contributed by atoms with Crippen LogP contribution in [0.3, 0.4) is 0 Å². The van der Waals surface area contributed by atoms with Crippen molar-refractivity contribution in [1.29, 1.82) is 0 Å². The van der Waals surface area contributed by atoms with Gasteiger partial charge >= 0.3 is 0 Å². The van der Waals surface area contributed by atoms with Crippen LogP contribution in [0.2, 0.25) is 0 Å². The number of nitrogens with two attached hydrogens (primary N) is 1. The minimum absolute atomic E-state index is 0.0622. The van der Waals surface area contributed by atoms with E-state index in [1.165, 1.54) is 0 Å². The first-order valence-electron chi connectivity index (χ1n) is 7.33. The Bertz CT molecular complexity index is 472. The van der Waals surface area contributed by atoms with Gasteiger partial charge in [-0.1, -0.05) is 0 Å². The highest BCUT2D eigenvalue weighted by molar-refractivity contribution is 5.93. The van der Waals surface area contributed by atoms with Gasteiger partial charge in [0.25, 0.3) is 5.91 Å². The summed E-state index contributed by atoms with van der Waals surface area (Å²) in [7, 11) is 3.76. The van der Waals surface area contributed by atoms with E-state index in [1.54, 1.807) is 16.8 Å². The Morgan fingerprint density at radius 2 is 2.00 bits per heavy atom. The molecule has 0 spiro atoms. The van der Waals surface area contributed by atoms with Gasteiger partial charge in [-0.05, 0) is 32.8 Å². The maximum Gasteiger partial charge on any atom is 0.270 e. The monoisotopic (exact) mass is 278 g/mol. The molecular weight excluding hydrogens is 252 g/mol. The van der Waals surface area contributed by atoms with E-state index in [1.807, 2.05) is 19.0 Å². The predicted octanol–water partition coefficient (Wildman–Crippen LogP) is 1.55. The molecule has 112 valence electrons. The smallest absolute Gasteiger partial charge is 0.270 e. The minimum atomic E-state index is 0.0622. The molecule has 1 aromatic heterocycles. The van der Waals surface area contributed by atoms with Crippen LogP contribution in [-0.2, 0) is 7.05 Å². The van der Waals surface area contributed by atoms with Gasteiger partial charge in [-0.25, -0.2) is 0 Å². The van der Waals surface area contributed by atoms with Gasteiger partial charge in [0.05, 0.1) is 5.69 Å². The number of carbonyl (C=O) groups excluding carboxylic acids is 1. The molecule has 0 unspecified atom stereocenters. The van der Waals surface area contributed by atoms with E-state index in [0.717, 1.165) is 25.9 Å². The van der Waals surface area contributed by atoms with Crippen molar-refractivity contribution in [2.45, 2.75) is 38.8 Å². The maximum atomic E-state index is 12.5. The van der Waals surface area contributed by atoms with E-state index < -0.39 is 0 Å². The summed E-state index contributed by atoms with van der Waals surface area (Å²) >= 11 is 0. The fourth-order valence-electron chi connectivity index (χ4n) is 2.94. The number of nitrogens with zero attached hydrogens (tertiary/aromatic N) is 3. The SMILES string of the molecule is CC(C)N1CCC(N(C)C(=O)c2cc(N)cn2C)CC1. The zero-order valence-corrected chi connectivity index (χ0v) is 13.0. The van der Waals surface area contributed by atoms with Gasteiger partial charge in [-0.2, -0.15) is 0 Å². The molecule has 1 aliphatic heterocycles. The zero-order chi connectivity index (χ0) is 14.9. The van der Waals surface area contributed by atoms with Crippen molar-refractivity contribution in [3.8, 4) is 0 Å². The van der Waals surface area contributed by atoms with E-state index >= 15 is 0 Å². The Kier molecular flexibility index (Phi) is 4.38. The highest BCUT2D eigenvalue weighted by Gasteiger charge is 2.27. The highest BCUT2D eigenvalue weighted by Crippen LogP contribution is 2.20. The molecule has 1 amide bonds. The van der Waals surface area contributed by atoms with Gasteiger partial charge in [0.2, 0.25) is 0 Å². The van der Waals surface area contributed by atoms with Crippen LogP contribution in [-0.4, -0.2) is 52.5 Å². The molecule has 2 N–H and O–H groups in total. The molecule has 0 atom stereocenters. The van der Waals surface area contributed by atoms with Crippen LogP contribution in [0.5, 0.6) is 0 Å². The summed E-state index contributed by atoms with van der Waals surface area (Å²) in [6, 6.07) is 2.67. The van der Waals surface area contributed by atoms with Crippen LogP contribution in [0.25, 0.3) is 0 Å². The topological polar surface area (TPSA) is 54.5 Å². The van der Waals surface area contributed by atoms with Crippen molar-refractivity contribution >= 4 is 11.6 Å². The second-order valence-corrected chi connectivity index (χ2v) is 6.05. The third-order valence-corrected chi connectivity index (χ3v) is 4.34. The number of likely N-dealkylation sites (tertiary alicyclic amines) is 1. The van der Waals surface area contributed by atoms with Crippen molar-refractivity contribution in [2.24, 2.45) is 7.05 Å². The van der Waals surface area contributed by atoms with Crippen LogP contribution in [0.4, 0.5) is 5.69 Å². The second-order valence-electron chi connectivity index (χ2n) is 6.05. The van der Waals surface area contributed by atoms with E-state index in [4.69, 9.17) is 5.73 Å². The van der Waals surface area contributed by atoms with Gasteiger partial charge in [-0.3, -0.25) is 4.79 Å². The van der Waals surface area contributed by atoms with Gasteiger partial charge in [0.1, 0.15) is 5.69 Å². The first-order chi connectivity index (χ1) is 9.40. The molecular formula is C15H26N4O. The van der Waals surface area contributed by atoms with E-state index in [0.29, 0.717) is 23.5 Å². The molecule has 0 aromatic carbocycles. The van der Waals surface area contributed by atoms with Crippen LogP contribution in [0.1, 0.15) is 37.2 Å². The van der Waals surface area contributed by atoms with Crippen LogP contribution in [0.15, 0.2) is 12.3 Å². The van der Waals surface area contributed by atoms with Gasteiger partial charge in [0, 0.05) is 45.5 Å². The lowest BCUT2D eigenvalue weighted by Crippen LogP contribution is -2.47. The molecule has 0 bridgehead atoms. The number of rotatable bonds is 3. The first-order valence-corrected chi connectivity index (χ1v) is 7.33. The summed E-state index contributed by atoms with van der Waals surface area (Å²) in [5, 5.41) is 0. The third-order valence-electron chi connectivity index (χ3n) is 4.34. The lowest BCUT2D eigenvalue weighted by Gasteiger charge is -2.38. The number of aryl methyl sites for hydroxylation is 1. The molecule has 1 aromatic rings. The minimum Gasteiger partial charge on any atom is -0.397 e. The van der Waals surface area contributed by atoms with Crippen molar-refractivity contribution in [3.63, 3.8) is 0 Å². The Balaban J connectivity index is 2.00. The molecule has 2 rings (SSSR count). The standard InChI is InChI=1S/C15H26N4O/c1-11(2)19-7-5-13(6-8-19)18(4)15(20)14-9-12(16)10-17(14)3/h9-11,13H,5-8,16H2,1-4H3. The highest BCUT2D eigenvalue weighted by atomic mass is 16.2. The summed E-state index contributed by atoms with van der Waals surface area (Å²) < 4.78 is 1.80. The predicted molar refractivity (Wildman–Crippen MR) is 81.6 cm³/mol. The largest absolute Gasteiger partial charge is 0.397 e. The fourth-order valence-corrected chi connectivity index (χ4v) is 2.94. The first kappa shape index (κ1) is 14.9. The Labute approximate surface area is 121 Å². The number of piperidine rings is 1. The van der Waals surface area contributed by atoms with E-state index in [9.17, 15) is 4.79 Å².